The minimum Gasteiger partial charge on any atom is -0.464 e. The normalized spacial score (nSPS) is 9.75. The fourth-order valence-electron chi connectivity index (χ4n) is 1.50. The molecule has 0 radical (unpaired) electrons. The summed E-state index contributed by atoms with van der Waals surface area (Å²) in [5.41, 5.74) is 1.69. The van der Waals surface area contributed by atoms with Crippen molar-refractivity contribution < 1.29 is 9.21 Å². The quantitative estimate of drug-likeness (QED) is 0.717. The minimum absolute atomic E-state index is 0.0532. The van der Waals surface area contributed by atoms with Crippen LogP contribution in [-0.2, 0) is 0 Å². The van der Waals surface area contributed by atoms with Gasteiger partial charge in [0.1, 0.15) is 5.76 Å². The molecule has 0 aliphatic heterocycles. The van der Waals surface area contributed by atoms with Crippen LogP contribution >= 0.6 is 0 Å². The number of nitriles is 1. The lowest BCUT2D eigenvalue weighted by molar-refractivity contribution is 0.101. The monoisotopic (exact) mass is 211 g/mol. The molecular formula is C13H9NO2. The van der Waals surface area contributed by atoms with E-state index in [2.05, 4.69) is 6.07 Å². The van der Waals surface area contributed by atoms with Gasteiger partial charge in [0.25, 0.3) is 0 Å². The van der Waals surface area contributed by atoms with Gasteiger partial charge in [-0.05, 0) is 31.2 Å². The topological polar surface area (TPSA) is 54.0 Å². The van der Waals surface area contributed by atoms with Gasteiger partial charge in [-0.2, -0.15) is 5.26 Å². The first-order valence-corrected chi connectivity index (χ1v) is 4.81. The molecular weight excluding hydrogens is 202 g/mol. The second-order valence-electron chi connectivity index (χ2n) is 3.41. The molecule has 1 aromatic carbocycles. The Labute approximate surface area is 92.9 Å². The van der Waals surface area contributed by atoms with Gasteiger partial charge < -0.3 is 4.42 Å². The second-order valence-corrected chi connectivity index (χ2v) is 3.41. The first-order valence-electron chi connectivity index (χ1n) is 4.81. The van der Waals surface area contributed by atoms with E-state index >= 15 is 0 Å². The third kappa shape index (κ3) is 1.73. The van der Waals surface area contributed by atoms with E-state index in [1.165, 1.54) is 6.92 Å². The van der Waals surface area contributed by atoms with Gasteiger partial charge in [-0.25, -0.2) is 0 Å². The number of ketones is 1. The van der Waals surface area contributed by atoms with Crippen molar-refractivity contribution in [3.8, 4) is 17.4 Å². The second kappa shape index (κ2) is 4.03. The number of hydrogen-bond acceptors (Lipinski definition) is 3. The van der Waals surface area contributed by atoms with Gasteiger partial charge in [0.2, 0.25) is 0 Å². The lowest BCUT2D eigenvalue weighted by Crippen LogP contribution is -1.94. The number of carbonyl (C=O) groups is 1. The predicted octanol–water partition coefficient (Wildman–Crippen LogP) is 3.02. The van der Waals surface area contributed by atoms with Crippen LogP contribution in [0.3, 0.4) is 0 Å². The lowest BCUT2D eigenvalue weighted by atomic mass is 10.0. The number of carbonyl (C=O) groups excluding carboxylic acids is 1. The van der Waals surface area contributed by atoms with Crippen LogP contribution in [0.5, 0.6) is 0 Å². The molecule has 0 amide bonds. The van der Waals surface area contributed by atoms with Gasteiger partial charge in [-0.1, -0.05) is 6.07 Å². The summed E-state index contributed by atoms with van der Waals surface area (Å²) in [6, 6.07) is 10.6. The van der Waals surface area contributed by atoms with Crippen molar-refractivity contribution in [3.05, 3.63) is 47.7 Å². The minimum atomic E-state index is -0.0532. The summed E-state index contributed by atoms with van der Waals surface area (Å²) in [7, 11) is 0. The average Bonchev–Trinajstić information content (AvgIpc) is 2.81. The molecule has 3 heteroatoms. The van der Waals surface area contributed by atoms with Crippen molar-refractivity contribution >= 4 is 5.78 Å². The zero-order valence-corrected chi connectivity index (χ0v) is 8.73. The van der Waals surface area contributed by atoms with E-state index in [9.17, 15) is 4.79 Å². The fourth-order valence-corrected chi connectivity index (χ4v) is 1.50. The molecule has 0 atom stereocenters. The first kappa shape index (κ1) is 10.2. The Morgan fingerprint density at radius 1 is 1.38 bits per heavy atom. The molecule has 16 heavy (non-hydrogen) atoms. The molecule has 0 bridgehead atoms. The summed E-state index contributed by atoms with van der Waals surface area (Å²) < 4.78 is 5.23. The van der Waals surface area contributed by atoms with Gasteiger partial charge in [-0.15, -0.1) is 0 Å². The van der Waals surface area contributed by atoms with Crippen molar-refractivity contribution in [2.75, 3.05) is 0 Å². The van der Waals surface area contributed by atoms with Crippen molar-refractivity contribution in [1.82, 2.24) is 0 Å². The molecule has 0 aliphatic carbocycles. The zero-order chi connectivity index (χ0) is 11.5. The third-order valence-electron chi connectivity index (χ3n) is 2.33. The maximum atomic E-state index is 11.2. The number of furan rings is 1. The zero-order valence-electron chi connectivity index (χ0n) is 8.73. The largest absolute Gasteiger partial charge is 0.464 e. The molecule has 0 saturated heterocycles. The van der Waals surface area contributed by atoms with E-state index in [1.54, 1.807) is 36.6 Å². The summed E-state index contributed by atoms with van der Waals surface area (Å²) in [6.45, 7) is 1.48. The van der Waals surface area contributed by atoms with E-state index in [4.69, 9.17) is 9.68 Å². The smallest absolute Gasteiger partial charge is 0.159 e. The van der Waals surface area contributed by atoms with Gasteiger partial charge in [0, 0.05) is 11.1 Å². The van der Waals surface area contributed by atoms with E-state index in [1.807, 2.05) is 0 Å². The molecule has 2 aromatic rings. The number of rotatable bonds is 2. The molecule has 0 saturated carbocycles. The lowest BCUT2D eigenvalue weighted by Gasteiger charge is -2.02. The van der Waals surface area contributed by atoms with Gasteiger partial charge in [-0.3, -0.25) is 4.79 Å². The molecule has 0 spiro atoms. The van der Waals surface area contributed by atoms with E-state index in [-0.39, 0.29) is 5.78 Å². The van der Waals surface area contributed by atoms with E-state index in [0.29, 0.717) is 22.5 Å². The predicted molar refractivity (Wildman–Crippen MR) is 58.9 cm³/mol. The highest BCUT2D eigenvalue weighted by Crippen LogP contribution is 2.24. The molecule has 0 unspecified atom stereocenters. The van der Waals surface area contributed by atoms with Crippen LogP contribution in [0.15, 0.2) is 41.0 Å². The summed E-state index contributed by atoms with van der Waals surface area (Å²) in [5.74, 6) is 0.578. The highest BCUT2D eigenvalue weighted by atomic mass is 16.3. The van der Waals surface area contributed by atoms with Crippen LogP contribution in [0.2, 0.25) is 0 Å². The number of Topliss-reactive ketones (excluding diaryl/α,β-unsaturated/α-hetero) is 1. The van der Waals surface area contributed by atoms with Gasteiger partial charge >= 0.3 is 0 Å². The molecule has 1 aromatic heterocycles. The maximum absolute atomic E-state index is 11.2. The van der Waals surface area contributed by atoms with Crippen LogP contribution in [0.1, 0.15) is 22.8 Å². The van der Waals surface area contributed by atoms with Crippen LogP contribution in [-0.4, -0.2) is 5.78 Å². The van der Waals surface area contributed by atoms with Gasteiger partial charge in [0.05, 0.1) is 17.9 Å². The maximum Gasteiger partial charge on any atom is 0.159 e. The Balaban J connectivity index is 2.57. The molecule has 0 N–H and O–H groups in total. The molecule has 2 rings (SSSR count). The molecule has 78 valence electrons. The molecule has 1 heterocycles. The summed E-state index contributed by atoms with van der Waals surface area (Å²) in [6.07, 6.45) is 1.55. The van der Waals surface area contributed by atoms with Crippen molar-refractivity contribution in [1.29, 1.82) is 5.26 Å². The number of hydrogen-bond donors (Lipinski definition) is 0. The Morgan fingerprint density at radius 3 is 2.75 bits per heavy atom. The van der Waals surface area contributed by atoms with E-state index in [0.717, 1.165) is 0 Å². The standard InChI is InChI=1S/C13H9NO2/c1-9(15)10-4-5-12(11(7-10)8-14)13-3-2-6-16-13/h2-7H,1H3. The number of nitrogens with zero attached hydrogens (tertiary/aromatic N) is 1. The third-order valence-corrected chi connectivity index (χ3v) is 2.33. The highest BCUT2D eigenvalue weighted by Gasteiger charge is 2.09. The average molecular weight is 211 g/mol. The van der Waals surface area contributed by atoms with Crippen LogP contribution < -0.4 is 0 Å². The van der Waals surface area contributed by atoms with Crippen molar-refractivity contribution in [3.63, 3.8) is 0 Å². The molecule has 3 nitrogen and oxygen atoms in total. The molecule has 0 fully saturated rings. The van der Waals surface area contributed by atoms with Crippen LogP contribution in [0, 0.1) is 11.3 Å². The SMILES string of the molecule is CC(=O)c1ccc(-c2ccco2)c(C#N)c1. The van der Waals surface area contributed by atoms with Crippen molar-refractivity contribution in [2.45, 2.75) is 6.92 Å². The first-order chi connectivity index (χ1) is 7.72. The Kier molecular flexibility index (Phi) is 2.57. The summed E-state index contributed by atoms with van der Waals surface area (Å²) in [5, 5.41) is 9.02. The number of benzene rings is 1. The highest BCUT2D eigenvalue weighted by molar-refractivity contribution is 5.95. The summed E-state index contributed by atoms with van der Waals surface area (Å²) >= 11 is 0. The Morgan fingerprint density at radius 2 is 2.19 bits per heavy atom. The molecule has 0 aliphatic rings. The Bertz CT molecular complexity index is 562. The summed E-state index contributed by atoms with van der Waals surface area (Å²) in [4.78, 5) is 11.2. The Hall–Kier alpha value is -2.34. The van der Waals surface area contributed by atoms with Crippen LogP contribution in [0.25, 0.3) is 11.3 Å². The van der Waals surface area contributed by atoms with Gasteiger partial charge in [0.15, 0.2) is 5.78 Å². The van der Waals surface area contributed by atoms with Crippen LogP contribution in [0.4, 0.5) is 0 Å². The fraction of sp³-hybridized carbons (Fsp3) is 0.0769. The van der Waals surface area contributed by atoms with Crippen molar-refractivity contribution in [2.24, 2.45) is 0 Å². The van der Waals surface area contributed by atoms with E-state index < -0.39 is 0 Å².